The minimum absolute atomic E-state index is 0.397. The van der Waals surface area contributed by atoms with Crippen LogP contribution in [0, 0.1) is 0 Å². The predicted molar refractivity (Wildman–Crippen MR) is 92.2 cm³/mol. The molecule has 0 radical (unpaired) electrons. The zero-order valence-electron chi connectivity index (χ0n) is 13.5. The molecule has 23 heavy (non-hydrogen) atoms. The van der Waals surface area contributed by atoms with Crippen LogP contribution in [0.15, 0.2) is 54.6 Å². The smallest absolute Gasteiger partial charge is 0.248 e. The van der Waals surface area contributed by atoms with Gasteiger partial charge in [-0.25, -0.2) is 0 Å². The van der Waals surface area contributed by atoms with E-state index in [-0.39, 0.29) is 0 Å². The molecule has 122 valence electrons. The average Bonchev–Trinajstić information content (AvgIpc) is 2.56. The Labute approximate surface area is 137 Å². The number of hydrogen-bond acceptors (Lipinski definition) is 3. The van der Waals surface area contributed by atoms with Crippen molar-refractivity contribution in [2.45, 2.75) is 18.9 Å². The Bertz CT molecular complexity index is 611. The van der Waals surface area contributed by atoms with Crippen LogP contribution in [-0.4, -0.2) is 36.1 Å². The molecule has 0 saturated heterocycles. The molecule has 2 aromatic carbocycles. The molecule has 0 aromatic heterocycles. The van der Waals surface area contributed by atoms with Crippen LogP contribution in [0.3, 0.4) is 0 Å². The highest BCUT2D eigenvalue weighted by Gasteiger charge is 2.10. The highest BCUT2D eigenvalue weighted by Crippen LogP contribution is 2.13. The molecule has 0 saturated carbocycles. The van der Waals surface area contributed by atoms with Crippen LogP contribution in [0.4, 0.5) is 0 Å². The highest BCUT2D eigenvalue weighted by atomic mass is 16.3. The van der Waals surface area contributed by atoms with Gasteiger partial charge >= 0.3 is 0 Å². The number of likely N-dealkylation sites (N-methyl/N-ethyl adjacent to an activating group) is 1. The van der Waals surface area contributed by atoms with Crippen molar-refractivity contribution in [3.05, 3.63) is 71.3 Å². The van der Waals surface area contributed by atoms with Gasteiger partial charge in [-0.1, -0.05) is 42.5 Å². The molecular weight excluding hydrogens is 288 g/mol. The lowest BCUT2D eigenvalue weighted by molar-refractivity contribution is 0.1000. The van der Waals surface area contributed by atoms with Gasteiger partial charge in [0, 0.05) is 12.1 Å². The molecule has 0 aliphatic carbocycles. The maximum atomic E-state index is 11.0. The summed E-state index contributed by atoms with van der Waals surface area (Å²) in [5.41, 5.74) is 7.90. The van der Waals surface area contributed by atoms with Crippen molar-refractivity contribution < 1.29 is 9.90 Å². The number of aryl methyl sites for hydroxylation is 1. The SMILES string of the molecule is CN(CCCc1ccc(C(N)=O)cc1)C[C@@H](O)c1ccccc1. The van der Waals surface area contributed by atoms with E-state index in [0.29, 0.717) is 12.1 Å². The van der Waals surface area contributed by atoms with Crippen LogP contribution < -0.4 is 5.73 Å². The third-order valence-electron chi connectivity index (χ3n) is 3.91. The van der Waals surface area contributed by atoms with Crippen molar-refractivity contribution in [2.24, 2.45) is 5.73 Å². The molecule has 0 spiro atoms. The lowest BCUT2D eigenvalue weighted by Crippen LogP contribution is -2.26. The standard InChI is InChI=1S/C19H24N2O2/c1-21(14-18(22)16-7-3-2-4-8-16)13-5-6-15-9-11-17(12-10-15)19(20)23/h2-4,7-12,18,22H,5-6,13-14H2,1H3,(H2,20,23)/t18-/m1/s1. The summed E-state index contributed by atoms with van der Waals surface area (Å²) < 4.78 is 0. The van der Waals surface area contributed by atoms with Crippen molar-refractivity contribution in [1.82, 2.24) is 4.90 Å². The van der Waals surface area contributed by atoms with Gasteiger partial charge < -0.3 is 15.7 Å². The maximum Gasteiger partial charge on any atom is 0.248 e. The minimum atomic E-state index is -0.462. The van der Waals surface area contributed by atoms with Crippen LogP contribution >= 0.6 is 0 Å². The number of primary amides is 1. The fourth-order valence-electron chi connectivity index (χ4n) is 2.56. The number of amides is 1. The van der Waals surface area contributed by atoms with Crippen molar-refractivity contribution in [2.75, 3.05) is 20.1 Å². The highest BCUT2D eigenvalue weighted by molar-refractivity contribution is 5.92. The number of nitrogens with zero attached hydrogens (tertiary/aromatic N) is 1. The Hall–Kier alpha value is -2.17. The van der Waals surface area contributed by atoms with Gasteiger partial charge in [0.1, 0.15) is 0 Å². The van der Waals surface area contributed by atoms with Gasteiger partial charge in [0.25, 0.3) is 0 Å². The first-order valence-electron chi connectivity index (χ1n) is 7.86. The summed E-state index contributed by atoms with van der Waals surface area (Å²) in [4.78, 5) is 13.2. The second-order valence-corrected chi connectivity index (χ2v) is 5.85. The van der Waals surface area contributed by atoms with E-state index >= 15 is 0 Å². The minimum Gasteiger partial charge on any atom is -0.387 e. The summed E-state index contributed by atoms with van der Waals surface area (Å²) in [7, 11) is 2.02. The number of nitrogens with two attached hydrogens (primary N) is 1. The van der Waals surface area contributed by atoms with Crippen LogP contribution in [-0.2, 0) is 6.42 Å². The number of benzene rings is 2. The maximum absolute atomic E-state index is 11.0. The molecular formula is C19H24N2O2. The van der Waals surface area contributed by atoms with Crippen LogP contribution in [0.5, 0.6) is 0 Å². The molecule has 3 N–H and O–H groups in total. The molecule has 0 bridgehead atoms. The fraction of sp³-hybridized carbons (Fsp3) is 0.316. The van der Waals surface area contributed by atoms with Crippen molar-refractivity contribution in [3.8, 4) is 0 Å². The summed E-state index contributed by atoms with van der Waals surface area (Å²) in [6.07, 6.45) is 1.47. The van der Waals surface area contributed by atoms with Gasteiger partial charge in [-0.2, -0.15) is 0 Å². The lowest BCUT2D eigenvalue weighted by Gasteiger charge is -2.20. The monoisotopic (exact) mass is 312 g/mol. The molecule has 2 rings (SSSR count). The van der Waals surface area contributed by atoms with Gasteiger partial charge in [0.15, 0.2) is 0 Å². The van der Waals surface area contributed by atoms with E-state index in [4.69, 9.17) is 5.73 Å². The van der Waals surface area contributed by atoms with Crippen molar-refractivity contribution in [1.29, 1.82) is 0 Å². The number of carbonyl (C=O) groups excluding carboxylic acids is 1. The number of carbonyl (C=O) groups is 1. The summed E-state index contributed by atoms with van der Waals surface area (Å²) in [6, 6.07) is 17.1. The second kappa shape index (κ2) is 8.46. The molecule has 0 aliphatic heterocycles. The molecule has 2 aromatic rings. The number of aliphatic hydroxyl groups excluding tert-OH is 1. The molecule has 4 heteroatoms. The Balaban J connectivity index is 1.74. The van der Waals surface area contributed by atoms with Gasteiger partial charge in [-0.05, 0) is 49.7 Å². The zero-order chi connectivity index (χ0) is 16.7. The summed E-state index contributed by atoms with van der Waals surface area (Å²) >= 11 is 0. The third kappa shape index (κ3) is 5.51. The number of rotatable bonds is 8. The molecule has 1 atom stereocenters. The summed E-state index contributed by atoms with van der Waals surface area (Å²) in [5.74, 6) is -0.397. The van der Waals surface area contributed by atoms with E-state index in [0.717, 1.165) is 24.9 Å². The topological polar surface area (TPSA) is 66.6 Å². The first-order valence-corrected chi connectivity index (χ1v) is 7.86. The predicted octanol–water partition coefficient (Wildman–Crippen LogP) is 2.38. The first-order chi connectivity index (χ1) is 11.1. The number of hydrogen-bond donors (Lipinski definition) is 2. The quantitative estimate of drug-likeness (QED) is 0.786. The first kappa shape index (κ1) is 17.2. The summed E-state index contributed by atoms with van der Waals surface area (Å²) in [5, 5.41) is 10.2. The second-order valence-electron chi connectivity index (χ2n) is 5.85. The van der Waals surface area contributed by atoms with E-state index in [1.54, 1.807) is 12.1 Å². The molecule has 4 nitrogen and oxygen atoms in total. The average molecular weight is 312 g/mol. The van der Waals surface area contributed by atoms with Crippen LogP contribution in [0.2, 0.25) is 0 Å². The van der Waals surface area contributed by atoms with E-state index < -0.39 is 12.0 Å². The number of aliphatic hydroxyl groups is 1. The molecule has 0 fully saturated rings. The van der Waals surface area contributed by atoms with Crippen molar-refractivity contribution >= 4 is 5.91 Å². The van der Waals surface area contributed by atoms with Gasteiger partial charge in [-0.3, -0.25) is 4.79 Å². The van der Waals surface area contributed by atoms with Crippen LogP contribution in [0.1, 0.15) is 34.0 Å². The summed E-state index contributed by atoms with van der Waals surface area (Å²) in [6.45, 7) is 1.52. The third-order valence-corrected chi connectivity index (χ3v) is 3.91. The Morgan fingerprint density at radius 2 is 1.78 bits per heavy atom. The Morgan fingerprint density at radius 3 is 2.39 bits per heavy atom. The normalized spacial score (nSPS) is 12.3. The van der Waals surface area contributed by atoms with Crippen molar-refractivity contribution in [3.63, 3.8) is 0 Å². The fourth-order valence-corrected chi connectivity index (χ4v) is 2.56. The van der Waals surface area contributed by atoms with E-state index in [1.807, 2.05) is 49.5 Å². The Kier molecular flexibility index (Phi) is 6.32. The van der Waals surface area contributed by atoms with Gasteiger partial charge in [0.05, 0.1) is 6.10 Å². The van der Waals surface area contributed by atoms with Crippen LogP contribution in [0.25, 0.3) is 0 Å². The van der Waals surface area contributed by atoms with Gasteiger partial charge in [0.2, 0.25) is 5.91 Å². The van der Waals surface area contributed by atoms with E-state index in [1.165, 1.54) is 5.56 Å². The lowest BCUT2D eigenvalue weighted by atomic mass is 10.1. The van der Waals surface area contributed by atoms with E-state index in [2.05, 4.69) is 4.90 Å². The molecule has 0 aliphatic rings. The Morgan fingerprint density at radius 1 is 1.13 bits per heavy atom. The van der Waals surface area contributed by atoms with E-state index in [9.17, 15) is 9.90 Å². The largest absolute Gasteiger partial charge is 0.387 e. The zero-order valence-corrected chi connectivity index (χ0v) is 13.5. The molecule has 0 unspecified atom stereocenters. The van der Waals surface area contributed by atoms with Gasteiger partial charge in [-0.15, -0.1) is 0 Å². The molecule has 0 heterocycles. The molecule has 1 amide bonds.